The minimum atomic E-state index is -5.23. The van der Waals surface area contributed by atoms with Crippen LogP contribution in [0.4, 0.5) is 26.4 Å². The molecule has 0 unspecified atom stereocenters. The summed E-state index contributed by atoms with van der Waals surface area (Å²) in [6, 6.07) is -10.3. The molecule has 0 fully saturated rings. The lowest BCUT2D eigenvalue weighted by Crippen LogP contribution is -2.44. The normalized spacial score (nSPS) is 27.1. The van der Waals surface area contributed by atoms with Crippen molar-refractivity contribution in [3.05, 3.63) is 0 Å². The second-order valence-corrected chi connectivity index (χ2v) is 1.74. The van der Waals surface area contributed by atoms with Crippen molar-refractivity contribution in [3.63, 3.8) is 0 Å². The van der Waals surface area contributed by atoms with Gasteiger partial charge in [0.1, 0.15) is 0 Å². The highest BCUT2D eigenvalue weighted by atomic mass is 19.3. The number of aliphatic imine (C=N–C) groups is 1. The Labute approximate surface area is 56.0 Å². The van der Waals surface area contributed by atoms with E-state index in [9.17, 15) is 26.4 Å². The first-order valence-electron chi connectivity index (χ1n) is 2.26. The third-order valence-electron chi connectivity index (χ3n) is 1.00. The molecule has 0 aliphatic carbocycles. The summed E-state index contributed by atoms with van der Waals surface area (Å²) in [4.78, 5) is 1.47. The van der Waals surface area contributed by atoms with Gasteiger partial charge in [-0.25, -0.2) is 0 Å². The number of alkyl halides is 4. The van der Waals surface area contributed by atoms with E-state index in [-0.39, 0.29) is 0 Å². The van der Waals surface area contributed by atoms with Gasteiger partial charge in [-0.1, -0.05) is 9.60 Å². The summed E-state index contributed by atoms with van der Waals surface area (Å²) in [5.74, 6) is 0. The molecule has 11 heavy (non-hydrogen) atoms. The average Bonchev–Trinajstić information content (AvgIpc) is 1.93. The van der Waals surface area contributed by atoms with E-state index in [0.717, 1.165) is 0 Å². The highest BCUT2D eigenvalue weighted by molar-refractivity contribution is 5.74. The van der Waals surface area contributed by atoms with Gasteiger partial charge in [-0.05, 0) is 0 Å². The zero-order valence-electron chi connectivity index (χ0n) is 4.66. The predicted octanol–water partition coefficient (Wildman–Crippen LogP) is 1.70. The van der Waals surface area contributed by atoms with Crippen molar-refractivity contribution in [2.24, 2.45) is 4.99 Å². The lowest BCUT2D eigenvalue weighted by Gasteiger charge is -2.17. The molecule has 0 spiro atoms. The van der Waals surface area contributed by atoms with Crippen LogP contribution in [-0.2, 0) is 0 Å². The van der Waals surface area contributed by atoms with Gasteiger partial charge >= 0.3 is 18.2 Å². The Morgan fingerprint density at radius 2 is 1.64 bits per heavy atom. The Morgan fingerprint density at radius 1 is 1.18 bits per heavy atom. The lowest BCUT2D eigenvalue weighted by atomic mass is 10.5. The number of hydrogen-bond acceptors (Lipinski definition) is 2. The van der Waals surface area contributed by atoms with E-state index in [1.54, 1.807) is 0 Å². The highest BCUT2D eigenvalue weighted by Gasteiger charge is 2.68. The van der Waals surface area contributed by atoms with Gasteiger partial charge in [-0.3, -0.25) is 0 Å². The second-order valence-electron chi connectivity index (χ2n) is 1.74. The zero-order chi connectivity index (χ0) is 8.86. The maximum absolute atomic E-state index is 11.8. The molecule has 1 aliphatic rings. The molecule has 0 aromatic heterocycles. The molecular weight excluding hydrogens is 178 g/mol. The van der Waals surface area contributed by atoms with Crippen molar-refractivity contribution in [2.45, 2.75) is 12.1 Å². The average molecular weight is 178 g/mol. The van der Waals surface area contributed by atoms with Gasteiger partial charge < -0.3 is 0 Å². The fraction of sp³-hybridized carbons (Fsp3) is 0.667. The van der Waals surface area contributed by atoms with E-state index in [2.05, 4.69) is 0 Å². The van der Waals surface area contributed by atoms with Crippen LogP contribution < -0.4 is 0 Å². The molecular formula is C3F6N2. The molecule has 0 aromatic carbocycles. The minimum Gasteiger partial charge on any atom is -0.171 e. The first-order valence-corrected chi connectivity index (χ1v) is 2.26. The van der Waals surface area contributed by atoms with Crippen LogP contribution in [0.2, 0.25) is 0 Å². The summed E-state index contributed by atoms with van der Waals surface area (Å²) in [6.07, 6.45) is -2.53. The topological polar surface area (TPSA) is 15.6 Å². The third kappa shape index (κ3) is 0.847. The third-order valence-corrected chi connectivity index (χ3v) is 1.00. The van der Waals surface area contributed by atoms with Gasteiger partial charge in [0.15, 0.2) is 0 Å². The smallest absolute Gasteiger partial charge is 0.171 e. The van der Waals surface area contributed by atoms with Gasteiger partial charge in [0, 0.05) is 0 Å². The molecule has 0 bridgehead atoms. The molecule has 8 heteroatoms. The molecule has 2 nitrogen and oxygen atoms in total. The quantitative estimate of drug-likeness (QED) is 0.313. The first kappa shape index (κ1) is 8.15. The molecule has 0 amide bonds. The van der Waals surface area contributed by atoms with E-state index in [4.69, 9.17) is 0 Å². The monoisotopic (exact) mass is 178 g/mol. The number of hydrogen-bond donors (Lipinski definition) is 0. The van der Waals surface area contributed by atoms with Crippen molar-refractivity contribution in [1.82, 2.24) is 5.12 Å². The van der Waals surface area contributed by atoms with Crippen LogP contribution in [0.5, 0.6) is 0 Å². The Kier molecular flexibility index (Phi) is 1.33. The Balaban J connectivity index is 3.05. The second kappa shape index (κ2) is 1.80. The molecule has 0 atom stereocenters. The van der Waals surface area contributed by atoms with Crippen LogP contribution in [0, 0.1) is 0 Å². The summed E-state index contributed by atoms with van der Waals surface area (Å²) in [7, 11) is 0. The van der Waals surface area contributed by atoms with E-state index in [1.807, 2.05) is 0 Å². The largest absolute Gasteiger partial charge is 0.439 e. The SMILES string of the molecule is FC1=NC(F)(F)C(F)(F)N1F. The van der Waals surface area contributed by atoms with Gasteiger partial charge in [0.25, 0.3) is 0 Å². The standard InChI is InChI=1S/C3F6N2/c4-1-10-2(5,6)3(7,8)11(1)9. The van der Waals surface area contributed by atoms with Crippen LogP contribution >= 0.6 is 0 Å². The summed E-state index contributed by atoms with van der Waals surface area (Å²) in [5.41, 5.74) is 0. The lowest BCUT2D eigenvalue weighted by molar-refractivity contribution is -0.289. The summed E-state index contributed by atoms with van der Waals surface area (Å²) < 4.78 is 70.5. The van der Waals surface area contributed by atoms with Gasteiger partial charge in [-0.2, -0.15) is 26.9 Å². The molecule has 64 valence electrons. The molecule has 0 saturated heterocycles. The van der Waals surface area contributed by atoms with Crippen LogP contribution in [0.1, 0.15) is 0 Å². The fourth-order valence-electron chi connectivity index (χ4n) is 0.461. The minimum absolute atomic E-state index is 1.47. The maximum atomic E-state index is 11.8. The van der Waals surface area contributed by atoms with Crippen LogP contribution in [0.3, 0.4) is 0 Å². The summed E-state index contributed by atoms with van der Waals surface area (Å²) in [5, 5.41) is -2.01. The zero-order valence-corrected chi connectivity index (χ0v) is 4.66. The Morgan fingerprint density at radius 3 is 1.73 bits per heavy atom. The Hall–Kier alpha value is -0.950. The molecule has 1 rings (SSSR count). The van der Waals surface area contributed by atoms with E-state index in [1.165, 1.54) is 4.99 Å². The van der Waals surface area contributed by atoms with Crippen molar-refractivity contribution >= 4 is 6.09 Å². The number of rotatable bonds is 0. The molecule has 0 saturated carbocycles. The number of nitrogens with zero attached hydrogens (tertiary/aromatic N) is 2. The van der Waals surface area contributed by atoms with Crippen LogP contribution in [0.25, 0.3) is 0 Å². The van der Waals surface area contributed by atoms with Gasteiger partial charge in [0.05, 0.1) is 0 Å². The van der Waals surface area contributed by atoms with E-state index in [0.29, 0.717) is 0 Å². The first-order chi connectivity index (χ1) is 4.79. The maximum Gasteiger partial charge on any atom is 0.439 e. The van der Waals surface area contributed by atoms with Crippen molar-refractivity contribution < 1.29 is 26.4 Å². The summed E-state index contributed by atoms with van der Waals surface area (Å²) in [6.45, 7) is 0. The number of halogens is 6. The van der Waals surface area contributed by atoms with E-state index < -0.39 is 23.3 Å². The molecule has 1 aliphatic heterocycles. The van der Waals surface area contributed by atoms with Crippen LogP contribution in [0.15, 0.2) is 4.99 Å². The highest BCUT2D eigenvalue weighted by Crippen LogP contribution is 2.43. The van der Waals surface area contributed by atoms with E-state index >= 15 is 0 Å². The molecule has 1 heterocycles. The van der Waals surface area contributed by atoms with Crippen LogP contribution in [-0.4, -0.2) is 23.3 Å². The predicted molar refractivity (Wildman–Crippen MR) is 21.4 cm³/mol. The van der Waals surface area contributed by atoms with Crippen molar-refractivity contribution in [2.75, 3.05) is 0 Å². The molecule has 0 aromatic rings. The molecule has 0 N–H and O–H groups in total. The fourth-order valence-corrected chi connectivity index (χ4v) is 0.461. The Bertz CT molecular complexity index is 210. The van der Waals surface area contributed by atoms with Crippen molar-refractivity contribution in [1.29, 1.82) is 0 Å². The summed E-state index contributed by atoms with van der Waals surface area (Å²) >= 11 is 0. The number of amidine groups is 1. The van der Waals surface area contributed by atoms with Gasteiger partial charge in [-0.15, -0.1) is 0 Å². The van der Waals surface area contributed by atoms with Crippen molar-refractivity contribution in [3.8, 4) is 0 Å². The van der Waals surface area contributed by atoms with Gasteiger partial charge in [0.2, 0.25) is 0 Å². The molecule has 0 radical (unpaired) electrons.